The van der Waals surface area contributed by atoms with E-state index in [1.165, 1.54) is 30.3 Å². The number of hydrogen-bond acceptors (Lipinski definition) is 6. The number of nitro groups is 1. The van der Waals surface area contributed by atoms with Crippen molar-refractivity contribution >= 4 is 23.6 Å². The molecular formula is C18H15N3O6. The molecule has 0 saturated carbocycles. The first-order chi connectivity index (χ1) is 13.0. The fourth-order valence-electron chi connectivity index (χ4n) is 2.30. The molecule has 9 nitrogen and oxygen atoms in total. The number of nitro benzene ring substituents is 1. The van der Waals surface area contributed by atoms with Gasteiger partial charge < -0.3 is 9.47 Å². The Labute approximate surface area is 153 Å². The van der Waals surface area contributed by atoms with Crippen molar-refractivity contribution in [2.45, 2.75) is 0 Å². The van der Waals surface area contributed by atoms with Gasteiger partial charge in [0.05, 0.1) is 4.92 Å². The number of nitrogens with zero attached hydrogens (tertiary/aromatic N) is 1. The van der Waals surface area contributed by atoms with E-state index in [0.717, 1.165) is 5.56 Å². The fourth-order valence-corrected chi connectivity index (χ4v) is 2.30. The van der Waals surface area contributed by atoms with E-state index < -0.39 is 16.7 Å². The summed E-state index contributed by atoms with van der Waals surface area (Å²) < 4.78 is 10.9. The second kappa shape index (κ2) is 8.00. The Bertz CT molecular complexity index is 908. The van der Waals surface area contributed by atoms with Gasteiger partial charge >= 0.3 is 0 Å². The van der Waals surface area contributed by atoms with E-state index in [-0.39, 0.29) is 11.3 Å². The highest BCUT2D eigenvalue weighted by molar-refractivity contribution is 5.98. The maximum absolute atomic E-state index is 11.9. The van der Waals surface area contributed by atoms with Crippen LogP contribution in [0.2, 0.25) is 0 Å². The molecule has 0 fully saturated rings. The maximum atomic E-state index is 11.9. The molecule has 0 saturated heterocycles. The SMILES string of the molecule is O=C(/C=C/c1ccc2c(c1)OCCO2)NNC(=O)c1ccc([N+](=O)[O-])cc1. The predicted molar refractivity (Wildman–Crippen MR) is 95.2 cm³/mol. The van der Waals surface area contributed by atoms with Crippen molar-refractivity contribution in [1.82, 2.24) is 10.9 Å². The van der Waals surface area contributed by atoms with Gasteiger partial charge in [0.1, 0.15) is 13.2 Å². The molecule has 1 aliphatic rings. The average molecular weight is 369 g/mol. The molecule has 0 radical (unpaired) electrons. The number of ether oxygens (including phenoxy) is 2. The summed E-state index contributed by atoms with van der Waals surface area (Å²) in [6.45, 7) is 0.967. The highest BCUT2D eigenvalue weighted by atomic mass is 16.6. The molecule has 27 heavy (non-hydrogen) atoms. The van der Waals surface area contributed by atoms with Gasteiger partial charge in [0, 0.05) is 23.8 Å². The molecule has 0 atom stereocenters. The van der Waals surface area contributed by atoms with Gasteiger partial charge in [0.15, 0.2) is 11.5 Å². The quantitative estimate of drug-likeness (QED) is 0.482. The number of non-ortho nitro benzene ring substituents is 1. The van der Waals surface area contributed by atoms with Crippen LogP contribution in [0, 0.1) is 10.1 Å². The van der Waals surface area contributed by atoms with Crippen LogP contribution in [-0.2, 0) is 4.79 Å². The molecule has 138 valence electrons. The Morgan fingerprint density at radius 1 is 1.00 bits per heavy atom. The Balaban J connectivity index is 1.53. The molecule has 3 rings (SSSR count). The first-order valence-corrected chi connectivity index (χ1v) is 7.95. The van der Waals surface area contributed by atoms with Gasteiger partial charge in [0.25, 0.3) is 17.5 Å². The van der Waals surface area contributed by atoms with E-state index >= 15 is 0 Å². The van der Waals surface area contributed by atoms with E-state index in [1.54, 1.807) is 24.3 Å². The molecule has 1 aliphatic heterocycles. The van der Waals surface area contributed by atoms with Gasteiger partial charge in [0.2, 0.25) is 0 Å². The van der Waals surface area contributed by atoms with E-state index in [4.69, 9.17) is 9.47 Å². The Kier molecular flexibility index (Phi) is 5.31. The Hall–Kier alpha value is -3.88. The van der Waals surface area contributed by atoms with Crippen molar-refractivity contribution in [3.05, 3.63) is 69.8 Å². The summed E-state index contributed by atoms with van der Waals surface area (Å²) in [5, 5.41) is 10.6. The highest BCUT2D eigenvalue weighted by Gasteiger charge is 2.11. The summed E-state index contributed by atoms with van der Waals surface area (Å²) in [5.41, 5.74) is 5.25. The molecule has 2 aromatic carbocycles. The number of hydrazine groups is 1. The molecule has 9 heteroatoms. The highest BCUT2D eigenvalue weighted by Crippen LogP contribution is 2.31. The smallest absolute Gasteiger partial charge is 0.269 e. The number of carbonyl (C=O) groups excluding carboxylic acids is 2. The van der Waals surface area contributed by atoms with Gasteiger partial charge in [-0.25, -0.2) is 0 Å². The van der Waals surface area contributed by atoms with E-state index in [2.05, 4.69) is 10.9 Å². The lowest BCUT2D eigenvalue weighted by molar-refractivity contribution is -0.384. The molecule has 2 N–H and O–H groups in total. The van der Waals surface area contributed by atoms with Crippen molar-refractivity contribution < 1.29 is 24.0 Å². The fraction of sp³-hybridized carbons (Fsp3) is 0.111. The van der Waals surface area contributed by atoms with Crippen LogP contribution in [0.15, 0.2) is 48.5 Å². The summed E-state index contributed by atoms with van der Waals surface area (Å²) in [6.07, 6.45) is 2.81. The lowest BCUT2D eigenvalue weighted by Crippen LogP contribution is -2.40. The third-order valence-electron chi connectivity index (χ3n) is 3.63. The van der Waals surface area contributed by atoms with E-state index in [9.17, 15) is 19.7 Å². The zero-order valence-electron chi connectivity index (χ0n) is 14.0. The molecular weight excluding hydrogens is 354 g/mol. The first-order valence-electron chi connectivity index (χ1n) is 7.95. The van der Waals surface area contributed by atoms with Crippen LogP contribution < -0.4 is 20.3 Å². The maximum Gasteiger partial charge on any atom is 0.269 e. The summed E-state index contributed by atoms with van der Waals surface area (Å²) in [7, 11) is 0. The number of carbonyl (C=O) groups is 2. The van der Waals surface area contributed by atoms with Crippen molar-refractivity contribution in [2.75, 3.05) is 13.2 Å². The van der Waals surface area contributed by atoms with Gasteiger partial charge in [-0.1, -0.05) is 6.07 Å². The molecule has 1 heterocycles. The van der Waals surface area contributed by atoms with Gasteiger partial charge in [-0.3, -0.25) is 30.6 Å². The van der Waals surface area contributed by atoms with E-state index in [0.29, 0.717) is 24.7 Å². The molecule has 0 aromatic heterocycles. The molecule has 0 spiro atoms. The molecule has 2 aromatic rings. The van der Waals surface area contributed by atoms with E-state index in [1.807, 2.05) is 0 Å². The molecule has 0 aliphatic carbocycles. The van der Waals surface area contributed by atoms with Crippen LogP contribution in [0.1, 0.15) is 15.9 Å². The van der Waals surface area contributed by atoms with Crippen molar-refractivity contribution in [3.63, 3.8) is 0 Å². The average Bonchev–Trinajstić information content (AvgIpc) is 2.70. The summed E-state index contributed by atoms with van der Waals surface area (Å²) >= 11 is 0. The normalized spacial score (nSPS) is 12.4. The van der Waals surface area contributed by atoms with Crippen molar-refractivity contribution in [1.29, 1.82) is 0 Å². The monoisotopic (exact) mass is 369 g/mol. The topological polar surface area (TPSA) is 120 Å². The standard InChI is InChI=1S/C18H15N3O6/c22-17(8-2-12-1-7-15-16(11-12)27-10-9-26-15)19-20-18(23)13-3-5-14(6-4-13)21(24)25/h1-8,11H,9-10H2,(H,19,22)(H,20,23)/b8-2+. The summed E-state index contributed by atoms with van der Waals surface area (Å²) in [6, 6.07) is 10.3. The van der Waals surface area contributed by atoms with Gasteiger partial charge in [-0.15, -0.1) is 0 Å². The Morgan fingerprint density at radius 3 is 2.41 bits per heavy atom. The van der Waals surface area contributed by atoms with Crippen LogP contribution in [-0.4, -0.2) is 30.0 Å². The second-order valence-corrected chi connectivity index (χ2v) is 5.48. The molecule has 2 amide bonds. The second-order valence-electron chi connectivity index (χ2n) is 5.48. The zero-order valence-corrected chi connectivity index (χ0v) is 14.0. The third-order valence-corrected chi connectivity index (χ3v) is 3.63. The summed E-state index contributed by atoms with van der Waals surface area (Å²) in [4.78, 5) is 33.8. The number of hydrogen-bond donors (Lipinski definition) is 2. The first kappa shape index (κ1) is 17.9. The zero-order chi connectivity index (χ0) is 19.2. The van der Waals surface area contributed by atoms with Crippen LogP contribution in [0.5, 0.6) is 11.5 Å². The van der Waals surface area contributed by atoms with Crippen molar-refractivity contribution in [3.8, 4) is 11.5 Å². The number of rotatable bonds is 4. The minimum absolute atomic E-state index is 0.127. The molecule has 0 unspecified atom stereocenters. The Morgan fingerprint density at radius 2 is 1.70 bits per heavy atom. The van der Waals surface area contributed by atoms with Crippen LogP contribution in [0.4, 0.5) is 5.69 Å². The molecule has 0 bridgehead atoms. The van der Waals surface area contributed by atoms with Crippen LogP contribution in [0.25, 0.3) is 6.08 Å². The minimum atomic E-state index is -0.592. The lowest BCUT2D eigenvalue weighted by Gasteiger charge is -2.18. The van der Waals surface area contributed by atoms with Crippen LogP contribution in [0.3, 0.4) is 0 Å². The lowest BCUT2D eigenvalue weighted by atomic mass is 10.2. The predicted octanol–water partition coefficient (Wildman–Crippen LogP) is 1.84. The largest absolute Gasteiger partial charge is 0.486 e. The van der Waals surface area contributed by atoms with Gasteiger partial charge in [-0.05, 0) is 35.9 Å². The number of fused-ring (bicyclic) bond motifs is 1. The number of benzene rings is 2. The van der Waals surface area contributed by atoms with Gasteiger partial charge in [-0.2, -0.15) is 0 Å². The summed E-state index contributed by atoms with van der Waals surface area (Å²) in [5.74, 6) is 0.125. The number of nitrogens with one attached hydrogen (secondary N) is 2. The van der Waals surface area contributed by atoms with Crippen LogP contribution >= 0.6 is 0 Å². The number of amides is 2. The third kappa shape index (κ3) is 4.60. The minimum Gasteiger partial charge on any atom is -0.486 e. The van der Waals surface area contributed by atoms with Crippen molar-refractivity contribution in [2.24, 2.45) is 0 Å².